The van der Waals surface area contributed by atoms with E-state index in [0.717, 1.165) is 17.8 Å². The Hall–Kier alpha value is -1.46. The maximum absolute atomic E-state index is 5.94. The lowest BCUT2D eigenvalue weighted by molar-refractivity contribution is 0.178. The van der Waals surface area contributed by atoms with Crippen molar-refractivity contribution in [3.63, 3.8) is 0 Å². The molecule has 0 saturated carbocycles. The molecule has 0 fully saturated rings. The van der Waals surface area contributed by atoms with E-state index in [0.29, 0.717) is 17.6 Å². The average Bonchev–Trinajstić information content (AvgIpc) is 2.77. The van der Waals surface area contributed by atoms with Crippen molar-refractivity contribution in [3.05, 3.63) is 29.4 Å². The van der Waals surface area contributed by atoms with E-state index < -0.39 is 0 Å². The lowest BCUT2D eigenvalue weighted by Crippen LogP contribution is -1.98. The summed E-state index contributed by atoms with van der Waals surface area (Å²) in [5, 5.41) is 4.61. The summed E-state index contributed by atoms with van der Waals surface area (Å²) in [4.78, 5) is 8.45. The van der Waals surface area contributed by atoms with Crippen LogP contribution in [0.25, 0.3) is 11.3 Å². The summed E-state index contributed by atoms with van der Waals surface area (Å²) in [5.74, 6) is 0.569. The molecule has 90 valence electrons. The normalized spacial score (nSPS) is 10.8. The van der Waals surface area contributed by atoms with Gasteiger partial charge in [-0.05, 0) is 6.92 Å². The highest BCUT2D eigenvalue weighted by atomic mass is 35.5. The van der Waals surface area contributed by atoms with Gasteiger partial charge in [-0.2, -0.15) is 5.10 Å². The zero-order chi connectivity index (χ0) is 12.3. The molecule has 0 aliphatic heterocycles. The first-order chi connectivity index (χ1) is 8.22. The van der Waals surface area contributed by atoms with Crippen LogP contribution in [0, 0.1) is 0 Å². The summed E-state index contributed by atoms with van der Waals surface area (Å²) in [7, 11) is 1.60. The van der Waals surface area contributed by atoms with Gasteiger partial charge in [0.2, 0.25) is 0 Å². The van der Waals surface area contributed by atoms with E-state index in [2.05, 4.69) is 15.1 Å². The third-order valence-electron chi connectivity index (χ3n) is 2.27. The maximum atomic E-state index is 5.94. The van der Waals surface area contributed by atoms with Crippen molar-refractivity contribution in [1.82, 2.24) is 19.7 Å². The quantitative estimate of drug-likeness (QED) is 0.783. The fourth-order valence-electron chi connectivity index (χ4n) is 1.48. The number of nitrogens with zero attached hydrogens (tertiary/aromatic N) is 4. The molecule has 0 aliphatic rings. The smallest absolute Gasteiger partial charge is 0.156 e. The number of methoxy groups -OCH3 is 1. The maximum Gasteiger partial charge on any atom is 0.156 e. The second kappa shape index (κ2) is 5.25. The van der Waals surface area contributed by atoms with Gasteiger partial charge in [0.1, 0.15) is 11.8 Å². The molecule has 0 saturated heterocycles. The summed E-state index contributed by atoms with van der Waals surface area (Å²) >= 11 is 5.94. The van der Waals surface area contributed by atoms with Gasteiger partial charge in [0.05, 0.1) is 11.9 Å². The van der Waals surface area contributed by atoms with E-state index in [4.69, 9.17) is 16.3 Å². The van der Waals surface area contributed by atoms with E-state index in [-0.39, 0.29) is 0 Å². The predicted molar refractivity (Wildman–Crippen MR) is 64.7 cm³/mol. The molecule has 0 bridgehead atoms. The Morgan fingerprint density at radius 1 is 1.41 bits per heavy atom. The Kier molecular flexibility index (Phi) is 3.71. The van der Waals surface area contributed by atoms with Gasteiger partial charge in [-0.1, -0.05) is 11.6 Å². The Morgan fingerprint density at radius 3 is 2.88 bits per heavy atom. The lowest BCUT2D eigenvalue weighted by atomic mass is 10.2. The molecule has 2 rings (SSSR count). The van der Waals surface area contributed by atoms with Gasteiger partial charge in [0.25, 0.3) is 0 Å². The molecule has 0 N–H and O–H groups in total. The molecule has 2 aromatic rings. The fourth-order valence-corrected chi connectivity index (χ4v) is 1.68. The van der Waals surface area contributed by atoms with Crippen LogP contribution in [0.1, 0.15) is 12.7 Å². The summed E-state index contributed by atoms with van der Waals surface area (Å²) < 4.78 is 6.83. The number of aryl methyl sites for hydroxylation is 1. The van der Waals surface area contributed by atoms with Crippen LogP contribution in [0.5, 0.6) is 0 Å². The molecule has 5 nitrogen and oxygen atoms in total. The summed E-state index contributed by atoms with van der Waals surface area (Å²) in [6.07, 6.45) is 3.69. The zero-order valence-corrected chi connectivity index (χ0v) is 10.5. The minimum Gasteiger partial charge on any atom is -0.377 e. The number of ether oxygens (including phenoxy) is 1. The number of aromatic nitrogens is 4. The molecule has 0 aliphatic carbocycles. The van der Waals surface area contributed by atoms with Crippen LogP contribution in [0.15, 0.2) is 18.5 Å². The van der Waals surface area contributed by atoms with E-state index in [9.17, 15) is 0 Å². The topological polar surface area (TPSA) is 52.8 Å². The molecule has 0 amide bonds. The van der Waals surface area contributed by atoms with Crippen LogP contribution in [0.3, 0.4) is 0 Å². The van der Waals surface area contributed by atoms with E-state index >= 15 is 0 Å². The van der Waals surface area contributed by atoms with Crippen molar-refractivity contribution in [2.45, 2.75) is 20.1 Å². The number of halogens is 1. The summed E-state index contributed by atoms with van der Waals surface area (Å²) in [5.41, 5.74) is 1.69. The third kappa shape index (κ3) is 2.81. The summed E-state index contributed by atoms with van der Waals surface area (Å²) in [6, 6.07) is 1.72. The molecule has 2 aromatic heterocycles. The molecule has 17 heavy (non-hydrogen) atoms. The van der Waals surface area contributed by atoms with Gasteiger partial charge in [0.15, 0.2) is 5.82 Å². The molecule has 0 atom stereocenters. The fraction of sp³-hybridized carbons (Fsp3) is 0.364. The van der Waals surface area contributed by atoms with Crippen LogP contribution in [-0.2, 0) is 17.9 Å². The van der Waals surface area contributed by atoms with E-state index in [1.807, 2.05) is 17.8 Å². The second-order valence-corrected chi connectivity index (χ2v) is 3.90. The first-order valence-electron chi connectivity index (χ1n) is 5.28. The van der Waals surface area contributed by atoms with Crippen molar-refractivity contribution in [2.24, 2.45) is 0 Å². The molecular weight excluding hydrogens is 240 g/mol. The van der Waals surface area contributed by atoms with Crippen molar-refractivity contribution < 1.29 is 4.74 Å². The highest BCUT2D eigenvalue weighted by Crippen LogP contribution is 2.19. The Balaban J connectivity index is 2.37. The molecular formula is C11H13ClN4O. The number of hydrogen-bond donors (Lipinski definition) is 0. The standard InChI is InChI=1S/C11H13ClN4O/c1-3-16-6-8(5-13-16)9-4-10(12)15-11(14-9)7-17-2/h4-6H,3,7H2,1-2H3. The Labute approximate surface area is 104 Å². The van der Waals surface area contributed by atoms with Crippen molar-refractivity contribution >= 4 is 11.6 Å². The Bertz CT molecular complexity index is 512. The lowest BCUT2D eigenvalue weighted by Gasteiger charge is -2.02. The molecule has 2 heterocycles. The van der Waals surface area contributed by atoms with Gasteiger partial charge >= 0.3 is 0 Å². The van der Waals surface area contributed by atoms with Crippen LogP contribution < -0.4 is 0 Å². The minimum atomic E-state index is 0.343. The Morgan fingerprint density at radius 2 is 2.24 bits per heavy atom. The van der Waals surface area contributed by atoms with Crippen LogP contribution in [0.2, 0.25) is 5.15 Å². The van der Waals surface area contributed by atoms with Gasteiger partial charge in [0, 0.05) is 31.5 Å². The first kappa shape index (κ1) is 12.0. The predicted octanol–water partition coefficient (Wildman–Crippen LogP) is 2.16. The SMILES string of the molecule is CCn1cc(-c2cc(Cl)nc(COC)n2)cn1. The highest BCUT2D eigenvalue weighted by molar-refractivity contribution is 6.29. The number of rotatable bonds is 4. The second-order valence-electron chi connectivity index (χ2n) is 3.51. The number of hydrogen-bond acceptors (Lipinski definition) is 4. The molecule has 0 aromatic carbocycles. The third-order valence-corrected chi connectivity index (χ3v) is 2.46. The van der Waals surface area contributed by atoms with Gasteiger partial charge in [-0.3, -0.25) is 4.68 Å². The molecule has 0 unspecified atom stereocenters. The minimum absolute atomic E-state index is 0.343. The largest absolute Gasteiger partial charge is 0.377 e. The van der Waals surface area contributed by atoms with Gasteiger partial charge < -0.3 is 4.74 Å². The monoisotopic (exact) mass is 252 g/mol. The molecule has 6 heteroatoms. The van der Waals surface area contributed by atoms with Gasteiger partial charge in [-0.15, -0.1) is 0 Å². The zero-order valence-electron chi connectivity index (χ0n) is 9.72. The highest BCUT2D eigenvalue weighted by Gasteiger charge is 2.07. The van der Waals surface area contributed by atoms with Crippen LogP contribution in [0.4, 0.5) is 0 Å². The average molecular weight is 253 g/mol. The van der Waals surface area contributed by atoms with E-state index in [1.54, 1.807) is 19.4 Å². The molecule has 0 spiro atoms. The summed E-state index contributed by atoms with van der Waals surface area (Å²) in [6.45, 7) is 3.19. The van der Waals surface area contributed by atoms with Crippen LogP contribution in [-0.4, -0.2) is 26.9 Å². The van der Waals surface area contributed by atoms with Gasteiger partial charge in [-0.25, -0.2) is 9.97 Å². The van der Waals surface area contributed by atoms with Crippen molar-refractivity contribution in [1.29, 1.82) is 0 Å². The van der Waals surface area contributed by atoms with E-state index in [1.165, 1.54) is 0 Å². The first-order valence-corrected chi connectivity index (χ1v) is 5.66. The van der Waals surface area contributed by atoms with Crippen LogP contribution >= 0.6 is 11.6 Å². The van der Waals surface area contributed by atoms with Crippen molar-refractivity contribution in [3.8, 4) is 11.3 Å². The van der Waals surface area contributed by atoms with Crippen molar-refractivity contribution in [2.75, 3.05) is 7.11 Å². The molecule has 0 radical (unpaired) electrons.